The van der Waals surface area contributed by atoms with Crippen LogP contribution in [-0.4, -0.2) is 42.3 Å². The normalized spacial score (nSPS) is 14.7. The first kappa shape index (κ1) is 22.5. The quantitative estimate of drug-likeness (QED) is 0.664. The molecule has 3 rings (SSSR count). The second kappa shape index (κ2) is 10.2. The van der Waals surface area contributed by atoms with Gasteiger partial charge in [-0.1, -0.05) is 23.8 Å². The van der Waals surface area contributed by atoms with Crippen LogP contribution < -0.4 is 16.0 Å². The maximum Gasteiger partial charge on any atom is 0.238 e. The third-order valence-corrected chi connectivity index (χ3v) is 5.43. The van der Waals surface area contributed by atoms with Crippen LogP contribution in [0.15, 0.2) is 42.5 Å². The van der Waals surface area contributed by atoms with Crippen molar-refractivity contribution in [2.45, 2.75) is 33.6 Å². The molecule has 2 aromatic carbocycles. The van der Waals surface area contributed by atoms with Crippen molar-refractivity contribution in [3.8, 4) is 0 Å². The van der Waals surface area contributed by atoms with Gasteiger partial charge in [0, 0.05) is 29.9 Å². The molecule has 1 saturated heterocycles. The minimum atomic E-state index is -0.155. The lowest BCUT2D eigenvalue weighted by Gasteiger charge is -2.30. The molecule has 0 unspecified atom stereocenters. The molecule has 164 valence electrons. The topological polar surface area (TPSA) is 90.5 Å². The van der Waals surface area contributed by atoms with Crippen LogP contribution >= 0.6 is 0 Å². The van der Waals surface area contributed by atoms with Gasteiger partial charge in [-0.15, -0.1) is 0 Å². The number of carbonyl (C=O) groups is 3. The second-order valence-corrected chi connectivity index (χ2v) is 8.17. The molecule has 1 heterocycles. The van der Waals surface area contributed by atoms with Gasteiger partial charge in [0.15, 0.2) is 0 Å². The van der Waals surface area contributed by atoms with E-state index < -0.39 is 0 Å². The van der Waals surface area contributed by atoms with E-state index in [0.29, 0.717) is 43.9 Å². The SMILES string of the molecule is CC(=O)Nc1cccc(NC(=O)C2CCN(CC(=O)Nc3ccc(C)cc3C)CC2)c1. The van der Waals surface area contributed by atoms with Gasteiger partial charge in [-0.2, -0.15) is 0 Å². The molecule has 0 aliphatic carbocycles. The molecule has 31 heavy (non-hydrogen) atoms. The summed E-state index contributed by atoms with van der Waals surface area (Å²) >= 11 is 0. The number of hydrogen-bond acceptors (Lipinski definition) is 4. The van der Waals surface area contributed by atoms with Crippen molar-refractivity contribution in [3.63, 3.8) is 0 Å². The Hall–Kier alpha value is -3.19. The fraction of sp³-hybridized carbons (Fsp3) is 0.375. The Labute approximate surface area is 183 Å². The number of nitrogens with one attached hydrogen (secondary N) is 3. The Balaban J connectivity index is 1.46. The van der Waals surface area contributed by atoms with Gasteiger partial charge in [0.1, 0.15) is 0 Å². The van der Waals surface area contributed by atoms with Crippen molar-refractivity contribution < 1.29 is 14.4 Å². The third-order valence-electron chi connectivity index (χ3n) is 5.43. The van der Waals surface area contributed by atoms with Crippen LogP contribution in [0.3, 0.4) is 0 Å². The molecular formula is C24H30N4O3. The Kier molecular flexibility index (Phi) is 7.41. The van der Waals surface area contributed by atoms with Gasteiger partial charge in [0.25, 0.3) is 0 Å². The number of nitrogens with zero attached hydrogens (tertiary/aromatic N) is 1. The largest absolute Gasteiger partial charge is 0.326 e. The summed E-state index contributed by atoms with van der Waals surface area (Å²) in [5, 5.41) is 8.63. The molecule has 1 aliphatic rings. The van der Waals surface area contributed by atoms with Crippen molar-refractivity contribution >= 4 is 34.8 Å². The summed E-state index contributed by atoms with van der Waals surface area (Å²) in [6.07, 6.45) is 1.40. The summed E-state index contributed by atoms with van der Waals surface area (Å²) in [4.78, 5) is 38.3. The maximum absolute atomic E-state index is 12.6. The average Bonchev–Trinajstić information content (AvgIpc) is 2.70. The number of hydrogen-bond donors (Lipinski definition) is 3. The number of benzene rings is 2. The monoisotopic (exact) mass is 422 g/mol. The molecule has 0 aromatic heterocycles. The lowest BCUT2D eigenvalue weighted by atomic mass is 9.95. The van der Waals surface area contributed by atoms with E-state index in [4.69, 9.17) is 0 Å². The summed E-state index contributed by atoms with van der Waals surface area (Å²) in [6, 6.07) is 13.1. The van der Waals surface area contributed by atoms with E-state index >= 15 is 0 Å². The van der Waals surface area contributed by atoms with Crippen LogP contribution in [0.2, 0.25) is 0 Å². The molecule has 0 bridgehead atoms. The van der Waals surface area contributed by atoms with Crippen LogP contribution in [0.25, 0.3) is 0 Å². The highest BCUT2D eigenvalue weighted by atomic mass is 16.2. The van der Waals surface area contributed by atoms with Crippen LogP contribution in [0, 0.1) is 19.8 Å². The number of piperidine rings is 1. The Bertz CT molecular complexity index is 965. The minimum absolute atomic E-state index is 0.0284. The zero-order valence-electron chi connectivity index (χ0n) is 18.3. The highest BCUT2D eigenvalue weighted by Crippen LogP contribution is 2.22. The van der Waals surface area contributed by atoms with Gasteiger partial charge in [-0.3, -0.25) is 19.3 Å². The standard InChI is InChI=1S/C24H30N4O3/c1-16-7-8-22(17(2)13-16)27-23(30)15-28-11-9-19(10-12-28)24(31)26-21-6-4-5-20(14-21)25-18(3)29/h4-8,13-14,19H,9-12,15H2,1-3H3,(H,25,29)(H,26,31)(H,27,30). The molecule has 3 amide bonds. The fourth-order valence-corrected chi connectivity index (χ4v) is 3.82. The molecule has 0 saturated carbocycles. The van der Waals surface area contributed by atoms with E-state index in [0.717, 1.165) is 16.8 Å². The van der Waals surface area contributed by atoms with Crippen molar-refractivity contribution in [1.29, 1.82) is 0 Å². The van der Waals surface area contributed by atoms with E-state index in [1.165, 1.54) is 6.92 Å². The average molecular weight is 423 g/mol. The molecule has 7 heteroatoms. The lowest BCUT2D eigenvalue weighted by Crippen LogP contribution is -2.41. The highest BCUT2D eigenvalue weighted by molar-refractivity contribution is 5.95. The molecule has 2 aromatic rings. The summed E-state index contributed by atoms with van der Waals surface area (Å²) in [5.41, 5.74) is 4.36. The first-order chi connectivity index (χ1) is 14.8. The number of carbonyl (C=O) groups excluding carboxylic acids is 3. The predicted octanol–water partition coefficient (Wildman–Crippen LogP) is 3.55. The van der Waals surface area contributed by atoms with Crippen LogP contribution in [0.1, 0.15) is 30.9 Å². The summed E-state index contributed by atoms with van der Waals surface area (Å²) in [5.74, 6) is -0.315. The van der Waals surface area contributed by atoms with Crippen molar-refractivity contribution in [2.24, 2.45) is 5.92 Å². The number of amides is 3. The first-order valence-corrected chi connectivity index (χ1v) is 10.6. The van der Waals surface area contributed by atoms with Crippen molar-refractivity contribution in [2.75, 3.05) is 35.6 Å². The molecule has 0 atom stereocenters. The number of aryl methyl sites for hydroxylation is 2. The maximum atomic E-state index is 12.6. The van der Waals surface area contributed by atoms with Gasteiger partial charge < -0.3 is 16.0 Å². The smallest absolute Gasteiger partial charge is 0.238 e. The van der Waals surface area contributed by atoms with Gasteiger partial charge in [0.2, 0.25) is 17.7 Å². The molecular weight excluding hydrogens is 392 g/mol. The van der Waals surface area contributed by atoms with Crippen LogP contribution in [0.4, 0.5) is 17.1 Å². The Morgan fingerprint density at radius 3 is 2.26 bits per heavy atom. The molecule has 0 spiro atoms. The van der Waals surface area contributed by atoms with E-state index in [-0.39, 0.29) is 23.6 Å². The van der Waals surface area contributed by atoms with Crippen LogP contribution in [0.5, 0.6) is 0 Å². The molecule has 1 fully saturated rings. The molecule has 3 N–H and O–H groups in total. The van der Waals surface area contributed by atoms with Gasteiger partial charge in [-0.05, 0) is 69.6 Å². The van der Waals surface area contributed by atoms with Gasteiger partial charge in [0.05, 0.1) is 6.54 Å². The molecule has 7 nitrogen and oxygen atoms in total. The zero-order chi connectivity index (χ0) is 22.4. The van der Waals surface area contributed by atoms with Gasteiger partial charge >= 0.3 is 0 Å². The van der Waals surface area contributed by atoms with E-state index in [1.807, 2.05) is 32.0 Å². The molecule has 0 radical (unpaired) electrons. The Morgan fingerprint density at radius 2 is 1.61 bits per heavy atom. The fourth-order valence-electron chi connectivity index (χ4n) is 3.82. The van der Waals surface area contributed by atoms with Crippen molar-refractivity contribution in [3.05, 3.63) is 53.6 Å². The number of likely N-dealkylation sites (tertiary alicyclic amines) is 1. The predicted molar refractivity (Wildman–Crippen MR) is 123 cm³/mol. The van der Waals surface area contributed by atoms with E-state index in [2.05, 4.69) is 20.9 Å². The molecule has 1 aliphatic heterocycles. The van der Waals surface area contributed by atoms with Crippen molar-refractivity contribution in [1.82, 2.24) is 4.90 Å². The lowest BCUT2D eigenvalue weighted by molar-refractivity contribution is -0.121. The minimum Gasteiger partial charge on any atom is -0.326 e. The summed E-state index contributed by atoms with van der Waals surface area (Å²) in [7, 11) is 0. The number of rotatable bonds is 6. The Morgan fingerprint density at radius 1 is 0.935 bits per heavy atom. The summed E-state index contributed by atoms with van der Waals surface area (Å²) in [6.45, 7) is 7.17. The third kappa shape index (κ3) is 6.65. The number of anilines is 3. The van der Waals surface area contributed by atoms with E-state index in [1.54, 1.807) is 24.3 Å². The zero-order valence-corrected chi connectivity index (χ0v) is 18.3. The van der Waals surface area contributed by atoms with Crippen LogP contribution in [-0.2, 0) is 14.4 Å². The van der Waals surface area contributed by atoms with Gasteiger partial charge in [-0.25, -0.2) is 0 Å². The second-order valence-electron chi connectivity index (χ2n) is 8.17. The first-order valence-electron chi connectivity index (χ1n) is 10.6. The van der Waals surface area contributed by atoms with E-state index in [9.17, 15) is 14.4 Å². The highest BCUT2D eigenvalue weighted by Gasteiger charge is 2.26. The summed E-state index contributed by atoms with van der Waals surface area (Å²) < 4.78 is 0.